The van der Waals surface area contributed by atoms with Crippen LogP contribution >= 0.6 is 0 Å². The van der Waals surface area contributed by atoms with E-state index in [-0.39, 0.29) is 0 Å². The topological polar surface area (TPSA) is 30.7 Å². The summed E-state index contributed by atoms with van der Waals surface area (Å²) in [6.45, 7) is 3.68. The standard InChI is InChI=1S/C9H9N3/c1-3-7-4-9-8(10-5-7)6-11-12(9)2/h3-6H,1H2,2H3. The van der Waals surface area contributed by atoms with Gasteiger partial charge < -0.3 is 0 Å². The van der Waals surface area contributed by atoms with Crippen LogP contribution in [0.5, 0.6) is 0 Å². The fourth-order valence-corrected chi connectivity index (χ4v) is 1.15. The van der Waals surface area contributed by atoms with E-state index in [0.717, 1.165) is 16.6 Å². The highest BCUT2D eigenvalue weighted by Crippen LogP contribution is 2.11. The zero-order chi connectivity index (χ0) is 8.55. The maximum atomic E-state index is 4.22. The minimum Gasteiger partial charge on any atom is -0.266 e. The van der Waals surface area contributed by atoms with Crippen LogP contribution in [0.4, 0.5) is 0 Å². The number of hydrogen-bond donors (Lipinski definition) is 0. The summed E-state index contributed by atoms with van der Waals surface area (Å²) in [4.78, 5) is 4.22. The molecule has 3 nitrogen and oxygen atoms in total. The molecular weight excluding hydrogens is 150 g/mol. The molecule has 0 aliphatic rings. The second-order valence-electron chi connectivity index (χ2n) is 2.65. The zero-order valence-electron chi connectivity index (χ0n) is 6.86. The summed E-state index contributed by atoms with van der Waals surface area (Å²) in [6, 6.07) is 2.02. The lowest BCUT2D eigenvalue weighted by atomic mass is 10.2. The van der Waals surface area contributed by atoms with Gasteiger partial charge in [0.1, 0.15) is 5.52 Å². The molecule has 60 valence electrons. The number of aromatic nitrogens is 3. The van der Waals surface area contributed by atoms with Crippen LogP contribution in [-0.2, 0) is 7.05 Å². The summed E-state index contributed by atoms with van der Waals surface area (Å²) in [5.41, 5.74) is 2.97. The molecule has 0 radical (unpaired) electrons. The summed E-state index contributed by atoms with van der Waals surface area (Å²) in [5, 5.41) is 4.09. The Labute approximate surface area is 70.3 Å². The van der Waals surface area contributed by atoms with Gasteiger partial charge >= 0.3 is 0 Å². The smallest absolute Gasteiger partial charge is 0.108 e. The van der Waals surface area contributed by atoms with Crippen molar-refractivity contribution in [1.29, 1.82) is 0 Å². The molecule has 0 bridgehead atoms. The van der Waals surface area contributed by atoms with Gasteiger partial charge in [0.2, 0.25) is 0 Å². The highest BCUT2D eigenvalue weighted by Gasteiger charge is 1.99. The van der Waals surface area contributed by atoms with Crippen LogP contribution in [0.15, 0.2) is 25.0 Å². The molecule has 2 aromatic heterocycles. The van der Waals surface area contributed by atoms with Gasteiger partial charge in [0.15, 0.2) is 0 Å². The SMILES string of the molecule is C=Cc1cnc2cnn(C)c2c1. The van der Waals surface area contributed by atoms with Gasteiger partial charge in [-0.3, -0.25) is 9.67 Å². The predicted molar refractivity (Wildman–Crippen MR) is 48.6 cm³/mol. The van der Waals surface area contributed by atoms with Crippen LogP contribution < -0.4 is 0 Å². The average Bonchev–Trinajstić information content (AvgIpc) is 2.47. The number of rotatable bonds is 1. The van der Waals surface area contributed by atoms with E-state index in [0.29, 0.717) is 0 Å². The predicted octanol–water partition coefficient (Wildman–Crippen LogP) is 1.61. The summed E-state index contributed by atoms with van der Waals surface area (Å²) < 4.78 is 1.80. The molecule has 3 heteroatoms. The molecule has 0 fully saturated rings. The minimum atomic E-state index is 0.920. The van der Waals surface area contributed by atoms with Gasteiger partial charge in [0.25, 0.3) is 0 Å². The second-order valence-corrected chi connectivity index (χ2v) is 2.65. The van der Waals surface area contributed by atoms with Crippen molar-refractivity contribution in [3.63, 3.8) is 0 Å². The van der Waals surface area contributed by atoms with E-state index >= 15 is 0 Å². The number of hydrogen-bond acceptors (Lipinski definition) is 2. The molecule has 12 heavy (non-hydrogen) atoms. The average molecular weight is 159 g/mol. The van der Waals surface area contributed by atoms with Gasteiger partial charge in [-0.25, -0.2) is 0 Å². The Morgan fingerprint density at radius 2 is 2.33 bits per heavy atom. The first-order chi connectivity index (χ1) is 5.81. The normalized spacial score (nSPS) is 10.4. The lowest BCUT2D eigenvalue weighted by Gasteiger charge is -1.94. The highest BCUT2D eigenvalue weighted by atomic mass is 15.3. The monoisotopic (exact) mass is 159 g/mol. The summed E-state index contributed by atoms with van der Waals surface area (Å²) in [6.07, 6.45) is 5.32. The highest BCUT2D eigenvalue weighted by molar-refractivity contribution is 5.76. The van der Waals surface area contributed by atoms with Crippen molar-refractivity contribution >= 4 is 17.1 Å². The third-order valence-electron chi connectivity index (χ3n) is 1.86. The maximum Gasteiger partial charge on any atom is 0.108 e. The van der Waals surface area contributed by atoms with E-state index in [2.05, 4.69) is 16.7 Å². The molecule has 0 unspecified atom stereocenters. The molecular formula is C9H9N3. The van der Waals surface area contributed by atoms with Crippen molar-refractivity contribution in [1.82, 2.24) is 14.8 Å². The van der Waals surface area contributed by atoms with Gasteiger partial charge in [-0.15, -0.1) is 0 Å². The molecule has 0 aliphatic heterocycles. The van der Waals surface area contributed by atoms with E-state index in [1.807, 2.05) is 13.1 Å². The fraction of sp³-hybridized carbons (Fsp3) is 0.111. The Kier molecular flexibility index (Phi) is 1.43. The molecule has 0 amide bonds. The van der Waals surface area contributed by atoms with Gasteiger partial charge in [-0.2, -0.15) is 5.10 Å². The van der Waals surface area contributed by atoms with Crippen LogP contribution in [-0.4, -0.2) is 14.8 Å². The number of aryl methyl sites for hydroxylation is 1. The first-order valence-electron chi connectivity index (χ1n) is 3.71. The van der Waals surface area contributed by atoms with E-state index in [1.54, 1.807) is 23.2 Å². The van der Waals surface area contributed by atoms with Gasteiger partial charge in [0, 0.05) is 13.2 Å². The lowest BCUT2D eigenvalue weighted by Crippen LogP contribution is -1.89. The molecule has 0 N–H and O–H groups in total. The number of pyridine rings is 1. The molecule has 0 spiro atoms. The van der Waals surface area contributed by atoms with Crippen molar-refractivity contribution < 1.29 is 0 Å². The molecule has 0 saturated heterocycles. The summed E-state index contributed by atoms with van der Waals surface area (Å²) in [7, 11) is 1.90. The van der Waals surface area contributed by atoms with Gasteiger partial charge in [0.05, 0.1) is 11.7 Å². The van der Waals surface area contributed by atoms with E-state index in [4.69, 9.17) is 0 Å². The minimum absolute atomic E-state index is 0.920. The van der Waals surface area contributed by atoms with Gasteiger partial charge in [-0.05, 0) is 11.6 Å². The Morgan fingerprint density at radius 3 is 3.08 bits per heavy atom. The Balaban J connectivity index is 2.79. The Hall–Kier alpha value is -1.64. The molecule has 0 saturated carbocycles. The van der Waals surface area contributed by atoms with E-state index in [1.165, 1.54) is 0 Å². The molecule has 2 aromatic rings. The first-order valence-corrected chi connectivity index (χ1v) is 3.71. The molecule has 0 aliphatic carbocycles. The largest absolute Gasteiger partial charge is 0.266 e. The zero-order valence-corrected chi connectivity index (χ0v) is 6.86. The fourth-order valence-electron chi connectivity index (χ4n) is 1.15. The second kappa shape index (κ2) is 2.44. The summed E-state index contributed by atoms with van der Waals surface area (Å²) in [5.74, 6) is 0. The molecule has 0 aromatic carbocycles. The molecule has 0 atom stereocenters. The van der Waals surface area contributed by atoms with E-state index < -0.39 is 0 Å². The first kappa shape index (κ1) is 7.03. The van der Waals surface area contributed by atoms with Crippen LogP contribution in [0.2, 0.25) is 0 Å². The third kappa shape index (κ3) is 0.906. The van der Waals surface area contributed by atoms with Crippen molar-refractivity contribution in [3.8, 4) is 0 Å². The van der Waals surface area contributed by atoms with Gasteiger partial charge in [-0.1, -0.05) is 12.7 Å². The van der Waals surface area contributed by atoms with Crippen LogP contribution in [0.3, 0.4) is 0 Å². The van der Waals surface area contributed by atoms with Crippen molar-refractivity contribution in [2.45, 2.75) is 0 Å². The third-order valence-corrected chi connectivity index (χ3v) is 1.86. The van der Waals surface area contributed by atoms with Crippen molar-refractivity contribution in [3.05, 3.63) is 30.6 Å². The summed E-state index contributed by atoms with van der Waals surface area (Å²) >= 11 is 0. The Morgan fingerprint density at radius 1 is 1.50 bits per heavy atom. The molecule has 2 heterocycles. The number of fused-ring (bicyclic) bond motifs is 1. The lowest BCUT2D eigenvalue weighted by molar-refractivity contribution is 0.797. The van der Waals surface area contributed by atoms with Crippen LogP contribution in [0.25, 0.3) is 17.1 Å². The van der Waals surface area contributed by atoms with E-state index in [9.17, 15) is 0 Å². The van der Waals surface area contributed by atoms with Crippen molar-refractivity contribution in [2.75, 3.05) is 0 Å². The van der Waals surface area contributed by atoms with Crippen LogP contribution in [0.1, 0.15) is 5.56 Å². The van der Waals surface area contributed by atoms with Crippen molar-refractivity contribution in [2.24, 2.45) is 7.05 Å². The molecule has 2 rings (SSSR count). The van der Waals surface area contributed by atoms with Crippen LogP contribution in [0, 0.1) is 0 Å². The Bertz CT molecular complexity index is 428. The number of nitrogens with zero attached hydrogens (tertiary/aromatic N) is 3. The quantitative estimate of drug-likeness (QED) is 0.633. The maximum absolute atomic E-state index is 4.22.